The van der Waals surface area contributed by atoms with Crippen LogP contribution in [0.3, 0.4) is 0 Å². The zero-order valence-corrected chi connectivity index (χ0v) is 15.1. The molecule has 0 spiro atoms. The SMILES string of the molecule is CC(C)CCCCCCOCC(=O)N1CCN(C(C)C)CC1. The quantitative estimate of drug-likeness (QED) is 0.581. The lowest BCUT2D eigenvalue weighted by Crippen LogP contribution is -2.51. The largest absolute Gasteiger partial charge is 0.372 e. The lowest BCUT2D eigenvalue weighted by molar-refractivity contribution is -0.138. The Morgan fingerprint density at radius 3 is 2.18 bits per heavy atom. The summed E-state index contributed by atoms with van der Waals surface area (Å²) < 4.78 is 5.55. The van der Waals surface area contributed by atoms with E-state index < -0.39 is 0 Å². The summed E-state index contributed by atoms with van der Waals surface area (Å²) in [4.78, 5) is 16.4. The average molecular weight is 312 g/mol. The number of amides is 1. The molecule has 1 heterocycles. The van der Waals surface area contributed by atoms with E-state index in [1.807, 2.05) is 4.90 Å². The van der Waals surface area contributed by atoms with Crippen LogP contribution in [-0.2, 0) is 9.53 Å². The molecular formula is C18H36N2O2. The first-order valence-electron chi connectivity index (χ1n) is 9.10. The highest BCUT2D eigenvalue weighted by atomic mass is 16.5. The molecule has 4 nitrogen and oxygen atoms in total. The van der Waals surface area contributed by atoms with Gasteiger partial charge in [0.15, 0.2) is 0 Å². The van der Waals surface area contributed by atoms with Crippen molar-refractivity contribution in [2.75, 3.05) is 39.4 Å². The maximum Gasteiger partial charge on any atom is 0.248 e. The molecule has 0 bridgehead atoms. The van der Waals surface area contributed by atoms with E-state index in [-0.39, 0.29) is 12.5 Å². The number of hydrogen-bond donors (Lipinski definition) is 0. The van der Waals surface area contributed by atoms with Gasteiger partial charge >= 0.3 is 0 Å². The Bertz CT molecular complexity index is 297. The molecule has 0 radical (unpaired) electrons. The molecule has 1 rings (SSSR count). The summed E-state index contributed by atoms with van der Waals surface area (Å²) in [5.41, 5.74) is 0. The summed E-state index contributed by atoms with van der Waals surface area (Å²) in [5, 5.41) is 0. The van der Waals surface area contributed by atoms with Crippen molar-refractivity contribution in [3.05, 3.63) is 0 Å². The lowest BCUT2D eigenvalue weighted by atomic mass is 10.0. The third-order valence-electron chi connectivity index (χ3n) is 4.44. The summed E-state index contributed by atoms with van der Waals surface area (Å²) in [6, 6.07) is 0.573. The highest BCUT2D eigenvalue weighted by Crippen LogP contribution is 2.09. The molecule has 22 heavy (non-hydrogen) atoms. The van der Waals surface area contributed by atoms with Gasteiger partial charge in [-0.3, -0.25) is 9.69 Å². The molecule has 1 saturated heterocycles. The van der Waals surface area contributed by atoms with Gasteiger partial charge in [0.1, 0.15) is 6.61 Å². The minimum Gasteiger partial charge on any atom is -0.372 e. The lowest BCUT2D eigenvalue weighted by Gasteiger charge is -2.36. The number of carbonyl (C=O) groups excluding carboxylic acids is 1. The molecule has 0 N–H and O–H groups in total. The number of nitrogens with zero attached hydrogens (tertiary/aromatic N) is 2. The molecule has 1 aliphatic rings. The number of ether oxygens (including phenoxy) is 1. The van der Waals surface area contributed by atoms with Crippen LogP contribution in [0.25, 0.3) is 0 Å². The van der Waals surface area contributed by atoms with Crippen LogP contribution in [0.5, 0.6) is 0 Å². The Morgan fingerprint density at radius 2 is 1.59 bits per heavy atom. The maximum absolute atomic E-state index is 12.1. The molecule has 0 atom stereocenters. The van der Waals surface area contributed by atoms with Crippen LogP contribution in [0.4, 0.5) is 0 Å². The highest BCUT2D eigenvalue weighted by molar-refractivity contribution is 5.77. The number of rotatable bonds is 10. The molecule has 0 unspecified atom stereocenters. The summed E-state index contributed by atoms with van der Waals surface area (Å²) in [6.07, 6.45) is 6.21. The van der Waals surface area contributed by atoms with E-state index in [1.54, 1.807) is 0 Å². The first kappa shape index (κ1) is 19.4. The second-order valence-corrected chi connectivity index (χ2v) is 7.16. The molecule has 4 heteroatoms. The number of hydrogen-bond acceptors (Lipinski definition) is 3. The molecule has 0 aromatic heterocycles. The van der Waals surface area contributed by atoms with Gasteiger partial charge in [-0.05, 0) is 26.2 Å². The predicted octanol–water partition coefficient (Wildman–Crippen LogP) is 3.16. The van der Waals surface area contributed by atoms with Gasteiger partial charge in [-0.2, -0.15) is 0 Å². The summed E-state index contributed by atoms with van der Waals surface area (Å²) in [7, 11) is 0. The first-order valence-corrected chi connectivity index (χ1v) is 9.10. The number of unbranched alkanes of at least 4 members (excludes halogenated alkanes) is 3. The third-order valence-corrected chi connectivity index (χ3v) is 4.44. The predicted molar refractivity (Wildman–Crippen MR) is 92.0 cm³/mol. The van der Waals surface area contributed by atoms with Crippen molar-refractivity contribution >= 4 is 5.91 Å². The van der Waals surface area contributed by atoms with Gasteiger partial charge in [-0.1, -0.05) is 39.5 Å². The Balaban J connectivity index is 1.98. The molecule has 0 aromatic rings. The normalized spacial score (nSPS) is 16.7. The zero-order chi connectivity index (χ0) is 16.4. The fourth-order valence-corrected chi connectivity index (χ4v) is 2.85. The van der Waals surface area contributed by atoms with E-state index in [4.69, 9.17) is 4.74 Å². The van der Waals surface area contributed by atoms with Crippen molar-refractivity contribution < 1.29 is 9.53 Å². The maximum atomic E-state index is 12.1. The van der Waals surface area contributed by atoms with Crippen molar-refractivity contribution in [1.82, 2.24) is 9.80 Å². The minimum absolute atomic E-state index is 0.156. The van der Waals surface area contributed by atoms with Gasteiger partial charge in [0.2, 0.25) is 5.91 Å². The van der Waals surface area contributed by atoms with Gasteiger partial charge in [-0.15, -0.1) is 0 Å². The van der Waals surface area contributed by atoms with Crippen LogP contribution in [0, 0.1) is 5.92 Å². The van der Waals surface area contributed by atoms with Crippen LogP contribution >= 0.6 is 0 Å². The van der Waals surface area contributed by atoms with Crippen LogP contribution in [0.1, 0.15) is 59.8 Å². The standard InChI is InChI=1S/C18H36N2O2/c1-16(2)9-7-5-6-8-14-22-15-18(21)20-12-10-19(11-13-20)17(3)4/h16-17H,5-15H2,1-4H3. The molecular weight excluding hydrogens is 276 g/mol. The van der Waals surface area contributed by atoms with Gasteiger partial charge in [0.25, 0.3) is 0 Å². The van der Waals surface area contributed by atoms with Crippen molar-refractivity contribution in [1.29, 1.82) is 0 Å². The first-order chi connectivity index (χ1) is 10.5. The van der Waals surface area contributed by atoms with E-state index in [9.17, 15) is 4.79 Å². The van der Waals surface area contributed by atoms with Gasteiger partial charge in [0, 0.05) is 38.8 Å². The Hall–Kier alpha value is -0.610. The van der Waals surface area contributed by atoms with Crippen LogP contribution < -0.4 is 0 Å². The van der Waals surface area contributed by atoms with E-state index >= 15 is 0 Å². The third kappa shape index (κ3) is 8.14. The minimum atomic E-state index is 0.156. The Labute approximate surface area is 137 Å². The molecule has 0 aromatic carbocycles. The van der Waals surface area contributed by atoms with Gasteiger partial charge in [-0.25, -0.2) is 0 Å². The summed E-state index contributed by atoms with van der Waals surface area (Å²) in [6.45, 7) is 13.6. The van der Waals surface area contributed by atoms with E-state index in [1.165, 1.54) is 25.7 Å². The summed E-state index contributed by atoms with van der Waals surface area (Å²) in [5.74, 6) is 0.966. The van der Waals surface area contributed by atoms with Crippen LogP contribution in [0.15, 0.2) is 0 Å². The van der Waals surface area contributed by atoms with Crippen LogP contribution in [0.2, 0.25) is 0 Å². The molecule has 1 fully saturated rings. The Morgan fingerprint density at radius 1 is 0.955 bits per heavy atom. The molecule has 130 valence electrons. The topological polar surface area (TPSA) is 32.8 Å². The monoisotopic (exact) mass is 312 g/mol. The van der Waals surface area contributed by atoms with Crippen LogP contribution in [-0.4, -0.2) is 61.1 Å². The van der Waals surface area contributed by atoms with Crippen molar-refractivity contribution in [2.24, 2.45) is 5.92 Å². The van der Waals surface area contributed by atoms with Crippen molar-refractivity contribution in [3.8, 4) is 0 Å². The molecule has 0 saturated carbocycles. The molecule has 0 aliphatic carbocycles. The Kier molecular flexibility index (Phi) is 9.73. The van der Waals surface area contributed by atoms with Crippen molar-refractivity contribution in [3.63, 3.8) is 0 Å². The summed E-state index contributed by atoms with van der Waals surface area (Å²) >= 11 is 0. The average Bonchev–Trinajstić information content (AvgIpc) is 2.49. The fraction of sp³-hybridized carbons (Fsp3) is 0.944. The van der Waals surface area contributed by atoms with Gasteiger partial charge in [0.05, 0.1) is 0 Å². The molecule has 1 amide bonds. The van der Waals surface area contributed by atoms with Gasteiger partial charge < -0.3 is 9.64 Å². The van der Waals surface area contributed by atoms with E-state index in [0.29, 0.717) is 6.04 Å². The highest BCUT2D eigenvalue weighted by Gasteiger charge is 2.22. The van der Waals surface area contributed by atoms with E-state index in [0.717, 1.165) is 45.1 Å². The second kappa shape index (κ2) is 11.0. The smallest absolute Gasteiger partial charge is 0.248 e. The zero-order valence-electron chi connectivity index (χ0n) is 15.1. The van der Waals surface area contributed by atoms with E-state index in [2.05, 4.69) is 32.6 Å². The molecule has 1 aliphatic heterocycles. The van der Waals surface area contributed by atoms with Crippen molar-refractivity contribution in [2.45, 2.75) is 65.8 Å². The fourth-order valence-electron chi connectivity index (χ4n) is 2.85. The number of carbonyl (C=O) groups is 1. The number of piperazine rings is 1. The second-order valence-electron chi connectivity index (χ2n) is 7.16.